The number of halogens is 2. The Bertz CT molecular complexity index is 1110. The molecule has 0 aromatic heterocycles. The number of ether oxygens (including phenoxy) is 2. The van der Waals surface area contributed by atoms with Crippen molar-refractivity contribution in [1.29, 1.82) is 0 Å². The second-order valence-corrected chi connectivity index (χ2v) is 8.67. The Kier molecular flexibility index (Phi) is 7.63. The van der Waals surface area contributed by atoms with Crippen LogP contribution < -0.4 is 4.74 Å². The largest absolute Gasteiger partial charge is 0.491 e. The molecule has 3 aromatic carbocycles. The lowest BCUT2D eigenvalue weighted by Crippen LogP contribution is -2.35. The van der Waals surface area contributed by atoms with E-state index in [1.54, 1.807) is 11.0 Å². The van der Waals surface area contributed by atoms with Crippen molar-refractivity contribution in [3.05, 3.63) is 99.3 Å². The number of amides is 1. The molecule has 1 aliphatic rings. The van der Waals surface area contributed by atoms with Crippen LogP contribution in [-0.4, -0.2) is 37.2 Å². The zero-order chi connectivity index (χ0) is 23.2. The SMILES string of the molecule is Cc1ccc2c(c1)Cc1cccc(c1)CN(C(=O)Cc1c(F)cccc1Cl)CCOCCO2. The first-order chi connectivity index (χ1) is 16.0. The normalized spacial score (nSPS) is 14.7. The van der Waals surface area contributed by atoms with Crippen LogP contribution in [-0.2, 0) is 28.9 Å². The van der Waals surface area contributed by atoms with Gasteiger partial charge in [0.05, 0.1) is 19.6 Å². The summed E-state index contributed by atoms with van der Waals surface area (Å²) in [6.07, 6.45) is 0.630. The Labute approximate surface area is 198 Å². The summed E-state index contributed by atoms with van der Waals surface area (Å²) in [7, 11) is 0. The summed E-state index contributed by atoms with van der Waals surface area (Å²) in [5.74, 6) is 0.202. The first kappa shape index (κ1) is 23.3. The molecule has 0 radical (unpaired) electrons. The van der Waals surface area contributed by atoms with Gasteiger partial charge in [0.15, 0.2) is 0 Å². The van der Waals surface area contributed by atoms with Crippen LogP contribution in [0.2, 0.25) is 5.02 Å². The van der Waals surface area contributed by atoms with E-state index in [2.05, 4.69) is 25.1 Å². The maximum atomic E-state index is 14.3. The predicted octanol–water partition coefficient (Wildman–Crippen LogP) is 5.36. The minimum atomic E-state index is -0.470. The molecule has 0 N–H and O–H groups in total. The van der Waals surface area contributed by atoms with Crippen molar-refractivity contribution in [2.75, 3.05) is 26.4 Å². The molecule has 172 valence electrons. The van der Waals surface area contributed by atoms with Crippen LogP contribution >= 0.6 is 11.6 Å². The van der Waals surface area contributed by atoms with Gasteiger partial charge in [-0.3, -0.25) is 4.79 Å². The zero-order valence-corrected chi connectivity index (χ0v) is 19.4. The number of nitrogens with zero attached hydrogens (tertiary/aromatic N) is 1. The molecule has 0 fully saturated rings. The summed E-state index contributed by atoms with van der Waals surface area (Å²) < 4.78 is 26.0. The minimum Gasteiger partial charge on any atom is -0.491 e. The van der Waals surface area contributed by atoms with Crippen LogP contribution in [0.3, 0.4) is 0 Å². The number of fused-ring (bicyclic) bond motifs is 3. The fourth-order valence-electron chi connectivity index (χ4n) is 4.01. The van der Waals surface area contributed by atoms with E-state index >= 15 is 0 Å². The smallest absolute Gasteiger partial charge is 0.227 e. The van der Waals surface area contributed by atoms with E-state index in [9.17, 15) is 9.18 Å². The van der Waals surface area contributed by atoms with E-state index in [4.69, 9.17) is 21.1 Å². The van der Waals surface area contributed by atoms with Crippen molar-refractivity contribution in [2.45, 2.75) is 26.3 Å². The van der Waals surface area contributed by atoms with Crippen molar-refractivity contribution in [3.63, 3.8) is 0 Å². The number of benzene rings is 3. The molecule has 4 rings (SSSR count). The number of hydrogen-bond acceptors (Lipinski definition) is 3. The molecular formula is C27H27ClFNO3. The number of aryl methyl sites for hydroxylation is 1. The molecule has 3 aromatic rings. The molecule has 0 saturated heterocycles. The Hall–Kier alpha value is -2.89. The van der Waals surface area contributed by atoms with E-state index < -0.39 is 5.82 Å². The van der Waals surface area contributed by atoms with Crippen molar-refractivity contribution >= 4 is 17.5 Å². The highest BCUT2D eigenvalue weighted by atomic mass is 35.5. The number of carbonyl (C=O) groups is 1. The summed E-state index contributed by atoms with van der Waals surface area (Å²) in [5, 5.41) is 0.259. The minimum absolute atomic E-state index is 0.0963. The fraction of sp³-hybridized carbons (Fsp3) is 0.296. The van der Waals surface area contributed by atoms with Gasteiger partial charge in [0.2, 0.25) is 5.91 Å². The van der Waals surface area contributed by atoms with Gasteiger partial charge >= 0.3 is 0 Å². The monoisotopic (exact) mass is 467 g/mol. The molecule has 0 atom stereocenters. The zero-order valence-electron chi connectivity index (χ0n) is 18.7. The number of hydrogen-bond donors (Lipinski definition) is 0. The van der Waals surface area contributed by atoms with E-state index in [0.717, 1.165) is 28.9 Å². The van der Waals surface area contributed by atoms with Gasteiger partial charge in [-0.1, -0.05) is 59.6 Å². The summed E-state index contributed by atoms with van der Waals surface area (Å²) in [4.78, 5) is 14.8. The average molecular weight is 468 g/mol. The Balaban J connectivity index is 1.58. The molecule has 1 heterocycles. The quantitative estimate of drug-likeness (QED) is 0.509. The van der Waals surface area contributed by atoms with Crippen molar-refractivity contribution in [3.8, 4) is 5.75 Å². The molecule has 1 amide bonds. The van der Waals surface area contributed by atoms with E-state index in [1.807, 2.05) is 24.3 Å². The molecule has 2 bridgehead atoms. The molecule has 0 aliphatic carbocycles. The van der Waals surface area contributed by atoms with Gasteiger partial charge in [-0.25, -0.2) is 4.39 Å². The lowest BCUT2D eigenvalue weighted by atomic mass is 10.00. The molecule has 6 heteroatoms. The predicted molar refractivity (Wildman–Crippen MR) is 127 cm³/mol. The molecule has 0 spiro atoms. The van der Waals surface area contributed by atoms with Crippen LogP contribution in [0.15, 0.2) is 60.7 Å². The highest BCUT2D eigenvalue weighted by Gasteiger charge is 2.19. The highest BCUT2D eigenvalue weighted by molar-refractivity contribution is 6.31. The second kappa shape index (κ2) is 10.8. The summed E-state index contributed by atoms with van der Waals surface area (Å²) in [6, 6.07) is 18.8. The number of carbonyl (C=O) groups excluding carboxylic acids is 1. The van der Waals surface area contributed by atoms with E-state index in [0.29, 0.717) is 32.9 Å². The Morgan fingerprint density at radius 2 is 1.85 bits per heavy atom. The molecular weight excluding hydrogens is 441 g/mol. The van der Waals surface area contributed by atoms with Gasteiger partial charge < -0.3 is 14.4 Å². The topological polar surface area (TPSA) is 38.8 Å². The van der Waals surface area contributed by atoms with Crippen molar-refractivity contribution in [1.82, 2.24) is 4.90 Å². The second-order valence-electron chi connectivity index (χ2n) is 8.26. The number of rotatable bonds is 2. The van der Waals surface area contributed by atoms with Gasteiger partial charge in [0, 0.05) is 30.1 Å². The lowest BCUT2D eigenvalue weighted by Gasteiger charge is -2.24. The van der Waals surface area contributed by atoms with Gasteiger partial charge in [-0.2, -0.15) is 0 Å². The van der Waals surface area contributed by atoms with Gasteiger partial charge in [-0.15, -0.1) is 0 Å². The highest BCUT2D eigenvalue weighted by Crippen LogP contribution is 2.25. The molecule has 4 nitrogen and oxygen atoms in total. The van der Waals surface area contributed by atoms with Crippen LogP contribution in [0.1, 0.15) is 27.8 Å². The third-order valence-corrected chi connectivity index (χ3v) is 6.06. The van der Waals surface area contributed by atoms with Crippen LogP contribution in [0.4, 0.5) is 4.39 Å². The van der Waals surface area contributed by atoms with E-state index in [1.165, 1.54) is 17.7 Å². The molecule has 0 saturated carbocycles. The maximum absolute atomic E-state index is 14.3. The fourth-order valence-corrected chi connectivity index (χ4v) is 4.24. The van der Waals surface area contributed by atoms with Crippen LogP contribution in [0, 0.1) is 12.7 Å². The van der Waals surface area contributed by atoms with Gasteiger partial charge in [0.25, 0.3) is 0 Å². The standard InChI is InChI=1S/C27H27ClFNO3/c1-19-8-9-26-22(14-19)16-20-4-2-5-21(15-20)18-30(10-11-32-12-13-33-26)27(31)17-23-24(28)6-3-7-25(23)29/h2-9,14-15H,10-13,16-18H2,1H3. The third kappa shape index (κ3) is 6.12. The summed E-state index contributed by atoms with van der Waals surface area (Å²) >= 11 is 6.15. The van der Waals surface area contributed by atoms with Crippen molar-refractivity contribution in [2.24, 2.45) is 0 Å². The maximum Gasteiger partial charge on any atom is 0.227 e. The van der Waals surface area contributed by atoms with Crippen LogP contribution in [0.25, 0.3) is 0 Å². The van der Waals surface area contributed by atoms with Gasteiger partial charge in [0.1, 0.15) is 18.2 Å². The summed E-state index contributed by atoms with van der Waals surface area (Å²) in [5.41, 5.74) is 4.66. The first-order valence-electron chi connectivity index (χ1n) is 11.1. The Morgan fingerprint density at radius 1 is 1.03 bits per heavy atom. The molecule has 33 heavy (non-hydrogen) atoms. The van der Waals surface area contributed by atoms with E-state index in [-0.39, 0.29) is 22.9 Å². The van der Waals surface area contributed by atoms with Gasteiger partial charge in [-0.05, 0) is 41.8 Å². The van der Waals surface area contributed by atoms with Crippen molar-refractivity contribution < 1.29 is 18.7 Å². The lowest BCUT2D eigenvalue weighted by molar-refractivity contribution is -0.132. The third-order valence-electron chi connectivity index (χ3n) is 5.71. The molecule has 0 unspecified atom stereocenters. The Morgan fingerprint density at radius 3 is 2.70 bits per heavy atom. The molecule has 1 aliphatic heterocycles. The summed E-state index contributed by atoms with van der Waals surface area (Å²) in [6.45, 7) is 4.08. The first-order valence-corrected chi connectivity index (χ1v) is 11.5. The average Bonchev–Trinajstić information content (AvgIpc) is 2.79. The van der Waals surface area contributed by atoms with Crippen LogP contribution in [0.5, 0.6) is 5.75 Å².